The van der Waals surface area contributed by atoms with Gasteiger partial charge in [-0.2, -0.15) is 0 Å². The molecule has 0 amide bonds. The predicted molar refractivity (Wildman–Crippen MR) is 67.9 cm³/mol. The van der Waals surface area contributed by atoms with Gasteiger partial charge in [0.25, 0.3) is 0 Å². The van der Waals surface area contributed by atoms with Crippen molar-refractivity contribution in [2.75, 3.05) is 0 Å². The number of aryl methyl sites for hydroxylation is 1. The standard InChI is InChI=1S/C14H12N2/c1-16-8-4-5-12(16)9-11-10-15-14-7-3-2-6-13(11)14/h2-10H,1H3. The molecular weight excluding hydrogens is 196 g/mol. The Morgan fingerprint density at radius 2 is 2.00 bits per heavy atom. The molecule has 0 fully saturated rings. The van der Waals surface area contributed by atoms with E-state index in [2.05, 4.69) is 27.8 Å². The Bertz CT molecular complexity index is 588. The highest BCUT2D eigenvalue weighted by molar-refractivity contribution is 6.21. The van der Waals surface area contributed by atoms with Crippen LogP contribution in [0.1, 0.15) is 11.3 Å². The molecule has 0 spiro atoms. The summed E-state index contributed by atoms with van der Waals surface area (Å²) in [6.07, 6.45) is 6.14. The van der Waals surface area contributed by atoms with Crippen LogP contribution in [0.3, 0.4) is 0 Å². The molecule has 1 aliphatic heterocycles. The maximum absolute atomic E-state index is 4.39. The van der Waals surface area contributed by atoms with Gasteiger partial charge in [0.15, 0.2) is 0 Å². The van der Waals surface area contributed by atoms with Crippen LogP contribution in [0.5, 0.6) is 0 Å². The lowest BCUT2D eigenvalue weighted by molar-refractivity contribution is 0.915. The molecule has 2 heteroatoms. The van der Waals surface area contributed by atoms with Gasteiger partial charge in [0.1, 0.15) is 0 Å². The average molecular weight is 208 g/mol. The molecule has 0 saturated carbocycles. The Labute approximate surface area is 94.6 Å². The lowest BCUT2D eigenvalue weighted by Gasteiger charge is -2.00. The minimum Gasteiger partial charge on any atom is -0.351 e. The molecule has 2 heterocycles. The van der Waals surface area contributed by atoms with E-state index in [0.717, 1.165) is 5.69 Å². The van der Waals surface area contributed by atoms with Gasteiger partial charge in [0.2, 0.25) is 0 Å². The molecule has 3 rings (SSSR count). The molecule has 0 bridgehead atoms. The van der Waals surface area contributed by atoms with E-state index >= 15 is 0 Å². The zero-order valence-electron chi connectivity index (χ0n) is 9.09. The first-order valence-electron chi connectivity index (χ1n) is 5.31. The largest absolute Gasteiger partial charge is 0.351 e. The van der Waals surface area contributed by atoms with Crippen LogP contribution in [-0.4, -0.2) is 10.8 Å². The summed E-state index contributed by atoms with van der Waals surface area (Å²) in [7, 11) is 2.05. The lowest BCUT2D eigenvalue weighted by Crippen LogP contribution is -1.89. The third kappa shape index (κ3) is 1.39. The Morgan fingerprint density at radius 1 is 1.12 bits per heavy atom. The molecule has 1 aromatic heterocycles. The molecule has 78 valence electrons. The summed E-state index contributed by atoms with van der Waals surface area (Å²) >= 11 is 0. The highest BCUT2D eigenvalue weighted by Gasteiger charge is 2.10. The van der Waals surface area contributed by atoms with Crippen molar-refractivity contribution in [3.8, 4) is 0 Å². The van der Waals surface area contributed by atoms with E-state index < -0.39 is 0 Å². The van der Waals surface area contributed by atoms with Gasteiger partial charge in [-0.05, 0) is 24.3 Å². The van der Waals surface area contributed by atoms with E-state index in [1.54, 1.807) is 0 Å². The van der Waals surface area contributed by atoms with Crippen molar-refractivity contribution >= 4 is 23.6 Å². The number of rotatable bonds is 1. The summed E-state index contributed by atoms with van der Waals surface area (Å²) in [5.74, 6) is 0. The Balaban J connectivity index is 2.09. The zero-order chi connectivity index (χ0) is 11.0. The van der Waals surface area contributed by atoms with Gasteiger partial charge in [0.05, 0.1) is 5.69 Å². The molecule has 0 radical (unpaired) electrons. The van der Waals surface area contributed by atoms with Crippen molar-refractivity contribution in [3.63, 3.8) is 0 Å². The maximum Gasteiger partial charge on any atom is 0.0708 e. The molecule has 2 nitrogen and oxygen atoms in total. The molecular formula is C14H12N2. The summed E-state index contributed by atoms with van der Waals surface area (Å²) < 4.78 is 2.10. The fraction of sp³-hybridized carbons (Fsp3) is 0.0714. The molecule has 1 aliphatic rings. The van der Waals surface area contributed by atoms with E-state index in [4.69, 9.17) is 0 Å². The van der Waals surface area contributed by atoms with Crippen LogP contribution in [-0.2, 0) is 7.05 Å². The van der Waals surface area contributed by atoms with Crippen LogP contribution in [0.15, 0.2) is 47.6 Å². The van der Waals surface area contributed by atoms with Crippen molar-refractivity contribution in [1.82, 2.24) is 4.57 Å². The van der Waals surface area contributed by atoms with E-state index in [0.29, 0.717) is 0 Å². The van der Waals surface area contributed by atoms with Gasteiger partial charge in [-0.25, -0.2) is 0 Å². The highest BCUT2D eigenvalue weighted by atomic mass is 14.9. The SMILES string of the molecule is Cn1cccc1C=C1C=Nc2ccccc21. The molecule has 0 aliphatic carbocycles. The van der Waals surface area contributed by atoms with Gasteiger partial charge >= 0.3 is 0 Å². The molecule has 1 aromatic carbocycles. The van der Waals surface area contributed by atoms with Crippen molar-refractivity contribution in [3.05, 3.63) is 53.9 Å². The number of benzene rings is 1. The summed E-state index contributed by atoms with van der Waals surface area (Å²) in [5.41, 5.74) is 4.64. The number of aromatic nitrogens is 1. The van der Waals surface area contributed by atoms with Crippen LogP contribution in [0, 0.1) is 0 Å². The van der Waals surface area contributed by atoms with Gasteiger partial charge < -0.3 is 4.57 Å². The van der Waals surface area contributed by atoms with Gasteiger partial charge in [-0.1, -0.05) is 18.2 Å². The predicted octanol–water partition coefficient (Wildman–Crippen LogP) is 3.28. The lowest BCUT2D eigenvalue weighted by atomic mass is 10.1. The van der Waals surface area contributed by atoms with Crippen molar-refractivity contribution < 1.29 is 0 Å². The van der Waals surface area contributed by atoms with Gasteiger partial charge in [0, 0.05) is 36.3 Å². The molecule has 0 N–H and O–H groups in total. The van der Waals surface area contributed by atoms with Gasteiger partial charge in [-0.3, -0.25) is 4.99 Å². The monoisotopic (exact) mass is 208 g/mol. The fourth-order valence-electron chi connectivity index (χ4n) is 1.94. The Hall–Kier alpha value is -2.09. The average Bonchev–Trinajstić information content (AvgIpc) is 2.88. The number of allylic oxidation sites excluding steroid dienone is 1. The smallest absolute Gasteiger partial charge is 0.0708 e. The van der Waals surface area contributed by atoms with E-state index in [9.17, 15) is 0 Å². The number of fused-ring (bicyclic) bond motifs is 1. The Kier molecular flexibility index (Phi) is 2.00. The second-order valence-electron chi connectivity index (χ2n) is 3.92. The third-order valence-electron chi connectivity index (χ3n) is 2.85. The van der Waals surface area contributed by atoms with Crippen LogP contribution < -0.4 is 0 Å². The van der Waals surface area contributed by atoms with E-state index in [1.165, 1.54) is 16.8 Å². The molecule has 2 aromatic rings. The van der Waals surface area contributed by atoms with E-state index in [-0.39, 0.29) is 0 Å². The quantitative estimate of drug-likeness (QED) is 0.684. The van der Waals surface area contributed by atoms with Gasteiger partial charge in [-0.15, -0.1) is 0 Å². The minimum atomic E-state index is 1.06. The maximum atomic E-state index is 4.39. The van der Waals surface area contributed by atoms with E-state index in [1.807, 2.05) is 43.7 Å². The first-order valence-corrected chi connectivity index (χ1v) is 5.31. The normalized spacial score (nSPS) is 15.7. The van der Waals surface area contributed by atoms with Crippen LogP contribution in [0.25, 0.3) is 11.6 Å². The van der Waals surface area contributed by atoms with Crippen LogP contribution in [0.2, 0.25) is 0 Å². The number of hydrogen-bond donors (Lipinski definition) is 0. The minimum absolute atomic E-state index is 1.06. The second kappa shape index (κ2) is 3.49. The molecule has 0 saturated heterocycles. The molecule has 0 atom stereocenters. The number of para-hydroxylation sites is 1. The summed E-state index contributed by atoms with van der Waals surface area (Å²) in [6.45, 7) is 0. The van der Waals surface area contributed by atoms with Crippen molar-refractivity contribution in [1.29, 1.82) is 0 Å². The number of nitrogens with zero attached hydrogens (tertiary/aromatic N) is 2. The highest BCUT2D eigenvalue weighted by Crippen LogP contribution is 2.31. The zero-order valence-corrected chi connectivity index (χ0v) is 9.09. The fourth-order valence-corrected chi connectivity index (χ4v) is 1.94. The van der Waals surface area contributed by atoms with Crippen molar-refractivity contribution in [2.45, 2.75) is 0 Å². The molecule has 0 unspecified atom stereocenters. The second-order valence-corrected chi connectivity index (χ2v) is 3.92. The van der Waals surface area contributed by atoms with Crippen molar-refractivity contribution in [2.24, 2.45) is 12.0 Å². The summed E-state index contributed by atoms with van der Waals surface area (Å²) in [6, 6.07) is 12.4. The first-order chi connectivity index (χ1) is 7.84. The molecule has 16 heavy (non-hydrogen) atoms. The number of hydrogen-bond acceptors (Lipinski definition) is 1. The Morgan fingerprint density at radius 3 is 2.81 bits per heavy atom. The van der Waals surface area contributed by atoms with Crippen LogP contribution in [0.4, 0.5) is 5.69 Å². The topological polar surface area (TPSA) is 17.3 Å². The summed E-state index contributed by atoms with van der Waals surface area (Å²) in [5, 5.41) is 0. The third-order valence-corrected chi connectivity index (χ3v) is 2.85. The summed E-state index contributed by atoms with van der Waals surface area (Å²) in [4.78, 5) is 4.39. The first kappa shape index (κ1) is 9.16. The number of aliphatic imine (C=N–C) groups is 1. The van der Waals surface area contributed by atoms with Crippen LogP contribution >= 0.6 is 0 Å².